The van der Waals surface area contributed by atoms with Gasteiger partial charge in [-0.05, 0) is 34.1 Å². The van der Waals surface area contributed by atoms with E-state index in [4.69, 9.17) is 37.5 Å². The Balaban J connectivity index is 2.09. The standard InChI is InChI=1S/C12H7BrCl2O4/c13-7-3-9(15)11(4-8(7)14)18-5-6-1-2-10(19-6)12(16)17/h1-4H,5H2,(H,16,17). The second-order valence-electron chi connectivity index (χ2n) is 3.56. The molecule has 1 N–H and O–H groups in total. The summed E-state index contributed by atoms with van der Waals surface area (Å²) in [7, 11) is 0. The van der Waals surface area contributed by atoms with Crippen LogP contribution in [0, 0.1) is 0 Å². The van der Waals surface area contributed by atoms with Gasteiger partial charge in [0, 0.05) is 10.5 Å². The monoisotopic (exact) mass is 364 g/mol. The summed E-state index contributed by atoms with van der Waals surface area (Å²) >= 11 is 15.2. The van der Waals surface area contributed by atoms with Gasteiger partial charge in [-0.25, -0.2) is 4.79 Å². The van der Waals surface area contributed by atoms with E-state index < -0.39 is 5.97 Å². The van der Waals surface area contributed by atoms with E-state index in [-0.39, 0.29) is 12.4 Å². The van der Waals surface area contributed by atoms with E-state index in [1.54, 1.807) is 12.1 Å². The van der Waals surface area contributed by atoms with E-state index in [0.29, 0.717) is 26.0 Å². The highest BCUT2D eigenvalue weighted by molar-refractivity contribution is 9.10. The fourth-order valence-corrected chi connectivity index (χ4v) is 2.18. The van der Waals surface area contributed by atoms with Crippen LogP contribution in [0.3, 0.4) is 0 Å². The van der Waals surface area contributed by atoms with Crippen LogP contribution in [0.4, 0.5) is 0 Å². The van der Waals surface area contributed by atoms with Crippen LogP contribution in [0.2, 0.25) is 10.0 Å². The molecule has 0 amide bonds. The maximum Gasteiger partial charge on any atom is 0.371 e. The van der Waals surface area contributed by atoms with Gasteiger partial charge in [0.1, 0.15) is 18.1 Å². The average molecular weight is 366 g/mol. The highest BCUT2D eigenvalue weighted by Gasteiger charge is 2.11. The summed E-state index contributed by atoms with van der Waals surface area (Å²) in [5.41, 5.74) is 0. The van der Waals surface area contributed by atoms with Crippen molar-refractivity contribution in [2.45, 2.75) is 6.61 Å². The first-order valence-electron chi connectivity index (χ1n) is 5.06. The van der Waals surface area contributed by atoms with Crippen molar-refractivity contribution in [1.82, 2.24) is 0 Å². The average Bonchev–Trinajstić information content (AvgIpc) is 2.81. The maximum atomic E-state index is 10.6. The quantitative estimate of drug-likeness (QED) is 0.802. The van der Waals surface area contributed by atoms with Crippen molar-refractivity contribution in [1.29, 1.82) is 0 Å². The minimum Gasteiger partial charge on any atom is -0.484 e. The number of ether oxygens (including phenoxy) is 1. The minimum atomic E-state index is -1.13. The van der Waals surface area contributed by atoms with Gasteiger partial charge >= 0.3 is 5.97 Å². The Bertz CT molecular complexity index is 624. The first-order chi connectivity index (χ1) is 8.97. The van der Waals surface area contributed by atoms with Crippen molar-refractivity contribution in [3.63, 3.8) is 0 Å². The number of halogens is 3. The number of carbonyl (C=O) groups is 1. The zero-order chi connectivity index (χ0) is 14.0. The van der Waals surface area contributed by atoms with E-state index in [9.17, 15) is 4.79 Å². The molecule has 0 saturated heterocycles. The van der Waals surface area contributed by atoms with Crippen LogP contribution in [0.5, 0.6) is 5.75 Å². The van der Waals surface area contributed by atoms with Gasteiger partial charge in [0.15, 0.2) is 0 Å². The molecule has 4 nitrogen and oxygen atoms in total. The SMILES string of the molecule is O=C(O)c1ccc(COc2cc(Cl)c(Br)cc2Cl)o1. The molecule has 0 bridgehead atoms. The maximum absolute atomic E-state index is 10.6. The van der Waals surface area contributed by atoms with E-state index in [1.165, 1.54) is 12.1 Å². The van der Waals surface area contributed by atoms with Gasteiger partial charge in [0.05, 0.1) is 10.0 Å². The molecular weight excluding hydrogens is 359 g/mol. The van der Waals surface area contributed by atoms with Crippen LogP contribution in [0.25, 0.3) is 0 Å². The number of benzene rings is 1. The van der Waals surface area contributed by atoms with Crippen molar-refractivity contribution in [2.24, 2.45) is 0 Å². The molecule has 1 heterocycles. The second kappa shape index (κ2) is 5.86. The van der Waals surface area contributed by atoms with Crippen LogP contribution >= 0.6 is 39.1 Å². The summed E-state index contributed by atoms with van der Waals surface area (Å²) in [6.07, 6.45) is 0. The Morgan fingerprint density at radius 3 is 2.68 bits per heavy atom. The molecule has 0 unspecified atom stereocenters. The summed E-state index contributed by atoms with van der Waals surface area (Å²) in [4.78, 5) is 10.6. The third kappa shape index (κ3) is 3.43. The Labute approximate surface area is 127 Å². The molecule has 0 atom stereocenters. The molecule has 0 spiro atoms. The van der Waals surface area contributed by atoms with Gasteiger partial charge in [0.2, 0.25) is 5.76 Å². The fraction of sp³-hybridized carbons (Fsp3) is 0.0833. The number of hydrogen-bond acceptors (Lipinski definition) is 3. The van der Waals surface area contributed by atoms with Crippen LogP contribution in [0.15, 0.2) is 33.2 Å². The molecule has 0 radical (unpaired) electrons. The summed E-state index contributed by atoms with van der Waals surface area (Å²) in [6.45, 7) is 0.0605. The number of furan rings is 1. The third-order valence-corrected chi connectivity index (χ3v) is 3.71. The van der Waals surface area contributed by atoms with Crippen LogP contribution in [0.1, 0.15) is 16.3 Å². The predicted molar refractivity (Wildman–Crippen MR) is 74.2 cm³/mol. The van der Waals surface area contributed by atoms with Gasteiger partial charge in [-0.3, -0.25) is 0 Å². The Morgan fingerprint density at radius 1 is 1.32 bits per heavy atom. The summed E-state index contributed by atoms with van der Waals surface area (Å²) in [5.74, 6) is -0.495. The van der Waals surface area contributed by atoms with Gasteiger partial charge in [0.25, 0.3) is 0 Å². The smallest absolute Gasteiger partial charge is 0.371 e. The zero-order valence-electron chi connectivity index (χ0n) is 9.32. The minimum absolute atomic E-state index is 0.0605. The zero-order valence-corrected chi connectivity index (χ0v) is 12.4. The Kier molecular flexibility index (Phi) is 4.39. The van der Waals surface area contributed by atoms with Crippen molar-refractivity contribution in [3.05, 3.63) is 50.3 Å². The lowest BCUT2D eigenvalue weighted by molar-refractivity contribution is 0.0658. The topological polar surface area (TPSA) is 59.7 Å². The molecule has 2 aromatic rings. The van der Waals surface area contributed by atoms with Crippen molar-refractivity contribution in [2.75, 3.05) is 0 Å². The van der Waals surface area contributed by atoms with E-state index >= 15 is 0 Å². The Hall–Kier alpha value is -1.17. The fourth-order valence-electron chi connectivity index (χ4n) is 1.33. The van der Waals surface area contributed by atoms with Crippen LogP contribution in [-0.2, 0) is 6.61 Å². The summed E-state index contributed by atoms with van der Waals surface area (Å²) < 4.78 is 11.1. The summed E-state index contributed by atoms with van der Waals surface area (Å²) in [6, 6.07) is 6.06. The number of carboxylic acids is 1. The molecular formula is C12H7BrCl2O4. The van der Waals surface area contributed by atoms with Crippen molar-refractivity contribution < 1.29 is 19.1 Å². The molecule has 2 rings (SSSR count). The first kappa shape index (κ1) is 14.2. The third-order valence-electron chi connectivity index (χ3n) is 2.22. The van der Waals surface area contributed by atoms with Crippen molar-refractivity contribution in [3.8, 4) is 5.75 Å². The van der Waals surface area contributed by atoms with Gasteiger partial charge in [-0.2, -0.15) is 0 Å². The molecule has 1 aromatic heterocycles. The Morgan fingerprint density at radius 2 is 2.05 bits per heavy atom. The molecule has 7 heteroatoms. The van der Waals surface area contributed by atoms with Gasteiger partial charge in [-0.1, -0.05) is 23.2 Å². The highest BCUT2D eigenvalue weighted by atomic mass is 79.9. The number of carboxylic acid groups (broad SMARTS) is 1. The molecule has 0 aliphatic heterocycles. The second-order valence-corrected chi connectivity index (χ2v) is 5.23. The van der Waals surface area contributed by atoms with Crippen LogP contribution < -0.4 is 4.74 Å². The molecule has 100 valence electrons. The molecule has 0 fully saturated rings. The lowest BCUT2D eigenvalue weighted by Gasteiger charge is -2.07. The van der Waals surface area contributed by atoms with Gasteiger partial charge in [-0.15, -0.1) is 0 Å². The largest absolute Gasteiger partial charge is 0.484 e. The van der Waals surface area contributed by atoms with Crippen molar-refractivity contribution >= 4 is 45.1 Å². The molecule has 19 heavy (non-hydrogen) atoms. The summed E-state index contributed by atoms with van der Waals surface area (Å²) in [5, 5.41) is 9.57. The molecule has 0 saturated carbocycles. The molecule has 0 aliphatic rings. The lowest BCUT2D eigenvalue weighted by atomic mass is 10.3. The van der Waals surface area contributed by atoms with Gasteiger partial charge < -0.3 is 14.3 Å². The highest BCUT2D eigenvalue weighted by Crippen LogP contribution is 2.34. The lowest BCUT2D eigenvalue weighted by Crippen LogP contribution is -1.96. The van der Waals surface area contributed by atoms with Crippen LogP contribution in [-0.4, -0.2) is 11.1 Å². The van der Waals surface area contributed by atoms with E-state index in [2.05, 4.69) is 15.9 Å². The van der Waals surface area contributed by atoms with E-state index in [1.807, 2.05) is 0 Å². The predicted octanol–water partition coefficient (Wildman–Crippen LogP) is 4.63. The number of aromatic carboxylic acids is 1. The van der Waals surface area contributed by atoms with E-state index in [0.717, 1.165) is 0 Å². The normalized spacial score (nSPS) is 10.5. The molecule has 1 aromatic carbocycles. The molecule has 0 aliphatic carbocycles. The number of hydrogen-bond donors (Lipinski definition) is 1. The number of rotatable bonds is 4. The first-order valence-corrected chi connectivity index (χ1v) is 6.61.